The summed E-state index contributed by atoms with van der Waals surface area (Å²) in [5.74, 6) is 0.512. The van der Waals surface area contributed by atoms with E-state index in [1.165, 1.54) is 23.3 Å². The smallest absolute Gasteiger partial charge is 0.312 e. The first kappa shape index (κ1) is 17.5. The lowest BCUT2D eigenvalue weighted by Gasteiger charge is -2.10. The maximum atomic E-state index is 12.7. The Morgan fingerprint density at radius 1 is 0.957 bits per heavy atom. The van der Waals surface area contributed by atoms with Crippen molar-refractivity contribution in [3.63, 3.8) is 0 Å². The molecule has 0 radical (unpaired) electrons. The van der Waals surface area contributed by atoms with Crippen LogP contribution < -0.4 is 5.32 Å². The third kappa shape index (κ3) is 5.39. The summed E-state index contributed by atoms with van der Waals surface area (Å²) in [4.78, 5) is 0. The van der Waals surface area contributed by atoms with Crippen LogP contribution in [-0.4, -0.2) is 6.54 Å². The number of halogens is 3. The van der Waals surface area contributed by atoms with Crippen molar-refractivity contribution in [3.8, 4) is 0 Å². The van der Waals surface area contributed by atoms with Crippen molar-refractivity contribution < 1.29 is 13.2 Å². The summed E-state index contributed by atoms with van der Waals surface area (Å²) < 4.78 is 38.0. The first-order valence-corrected chi connectivity index (χ1v) is 7.82. The summed E-state index contributed by atoms with van der Waals surface area (Å²) in [5.41, 5.74) is 2.60. The molecule has 0 heterocycles. The molecule has 0 fully saturated rings. The molecule has 0 aromatic heterocycles. The zero-order chi connectivity index (χ0) is 16.9. The Labute approximate surface area is 135 Å². The minimum atomic E-state index is -4.28. The van der Waals surface area contributed by atoms with Crippen molar-refractivity contribution in [1.29, 1.82) is 0 Å². The van der Waals surface area contributed by atoms with Gasteiger partial charge < -0.3 is 5.32 Å². The lowest BCUT2D eigenvalue weighted by molar-refractivity contribution is -0.137. The average Bonchev–Trinajstić information content (AvgIpc) is 2.51. The molecule has 1 N–H and O–H groups in total. The monoisotopic (exact) mass is 321 g/mol. The molecule has 0 saturated heterocycles. The minimum absolute atomic E-state index is 0.512. The molecule has 0 amide bonds. The predicted molar refractivity (Wildman–Crippen MR) is 87.4 cm³/mol. The van der Waals surface area contributed by atoms with E-state index in [0.29, 0.717) is 24.4 Å². The minimum Gasteiger partial charge on any atom is -0.312 e. The van der Waals surface area contributed by atoms with E-state index in [-0.39, 0.29) is 0 Å². The molecule has 0 aliphatic rings. The lowest BCUT2D eigenvalue weighted by Crippen LogP contribution is -2.17. The van der Waals surface area contributed by atoms with Gasteiger partial charge in [0.1, 0.15) is 0 Å². The van der Waals surface area contributed by atoms with Gasteiger partial charge in [0.15, 0.2) is 0 Å². The van der Waals surface area contributed by atoms with Crippen molar-refractivity contribution in [3.05, 3.63) is 70.8 Å². The molecule has 0 unspecified atom stereocenters. The highest BCUT2D eigenvalue weighted by Crippen LogP contribution is 2.29. The number of hydrogen-bond donors (Lipinski definition) is 1. The van der Waals surface area contributed by atoms with E-state index >= 15 is 0 Å². The van der Waals surface area contributed by atoms with E-state index in [2.05, 4.69) is 43.4 Å². The van der Waals surface area contributed by atoms with Crippen LogP contribution in [0.25, 0.3) is 0 Å². The molecule has 0 spiro atoms. The summed E-state index contributed by atoms with van der Waals surface area (Å²) in [7, 11) is 0. The van der Waals surface area contributed by atoms with E-state index in [4.69, 9.17) is 0 Å². The third-order valence-electron chi connectivity index (χ3n) is 3.82. The second kappa shape index (κ2) is 7.64. The number of benzene rings is 2. The van der Waals surface area contributed by atoms with E-state index in [0.717, 1.165) is 12.6 Å². The average molecular weight is 321 g/mol. The highest BCUT2D eigenvalue weighted by atomic mass is 19.4. The summed E-state index contributed by atoms with van der Waals surface area (Å²) in [5, 5.41) is 3.28. The topological polar surface area (TPSA) is 12.0 Å². The zero-order valence-electron chi connectivity index (χ0n) is 13.5. The lowest BCUT2D eigenvalue weighted by atomic mass is 10.0. The van der Waals surface area contributed by atoms with E-state index < -0.39 is 11.7 Å². The van der Waals surface area contributed by atoms with Gasteiger partial charge in [-0.3, -0.25) is 0 Å². The molecule has 2 aromatic carbocycles. The predicted octanol–water partition coefficient (Wildman–Crippen LogP) is 5.16. The number of alkyl halides is 3. The Hall–Kier alpha value is -1.81. The summed E-state index contributed by atoms with van der Waals surface area (Å²) >= 11 is 0. The van der Waals surface area contributed by atoms with Gasteiger partial charge in [-0.05, 0) is 41.6 Å². The molecule has 23 heavy (non-hydrogen) atoms. The standard InChI is InChI=1S/C19H22F3N/c1-14(2)17-8-6-16(7-9-17)13-23-11-10-15-4-3-5-18(12-15)19(20,21)22/h3-9,12,14,23H,10-11,13H2,1-2H3. The van der Waals surface area contributed by atoms with E-state index in [9.17, 15) is 13.2 Å². The molecule has 2 aromatic rings. The second-order valence-electron chi connectivity index (χ2n) is 6.02. The Bertz CT molecular complexity index is 615. The highest BCUT2D eigenvalue weighted by molar-refractivity contribution is 5.26. The first-order valence-electron chi connectivity index (χ1n) is 7.82. The molecule has 124 valence electrons. The maximum absolute atomic E-state index is 12.7. The van der Waals surface area contributed by atoms with Gasteiger partial charge in [-0.25, -0.2) is 0 Å². The van der Waals surface area contributed by atoms with Crippen molar-refractivity contribution >= 4 is 0 Å². The van der Waals surface area contributed by atoms with Crippen molar-refractivity contribution in [1.82, 2.24) is 5.32 Å². The quantitative estimate of drug-likeness (QED) is 0.725. The van der Waals surface area contributed by atoms with Crippen LogP contribution in [0.15, 0.2) is 48.5 Å². The number of nitrogens with one attached hydrogen (secondary N) is 1. The van der Waals surface area contributed by atoms with Crippen molar-refractivity contribution in [2.24, 2.45) is 0 Å². The second-order valence-corrected chi connectivity index (χ2v) is 6.02. The van der Waals surface area contributed by atoms with Gasteiger partial charge in [0, 0.05) is 6.54 Å². The molecular formula is C19H22F3N. The van der Waals surface area contributed by atoms with Gasteiger partial charge in [0.25, 0.3) is 0 Å². The van der Waals surface area contributed by atoms with Crippen LogP contribution in [0.5, 0.6) is 0 Å². The fourth-order valence-electron chi connectivity index (χ4n) is 2.39. The summed E-state index contributed by atoms with van der Waals surface area (Å²) in [6, 6.07) is 13.9. The van der Waals surface area contributed by atoms with Crippen LogP contribution in [0.2, 0.25) is 0 Å². The molecule has 4 heteroatoms. The van der Waals surface area contributed by atoms with Crippen LogP contribution in [0.4, 0.5) is 13.2 Å². The van der Waals surface area contributed by atoms with Crippen LogP contribution in [0.1, 0.15) is 42.0 Å². The van der Waals surface area contributed by atoms with Gasteiger partial charge in [-0.2, -0.15) is 13.2 Å². The molecular weight excluding hydrogens is 299 g/mol. The van der Waals surface area contributed by atoms with Crippen LogP contribution >= 0.6 is 0 Å². The fraction of sp³-hybridized carbons (Fsp3) is 0.368. The normalized spacial score (nSPS) is 11.9. The fourth-order valence-corrected chi connectivity index (χ4v) is 2.39. The van der Waals surface area contributed by atoms with Crippen LogP contribution in [0, 0.1) is 0 Å². The Balaban J connectivity index is 1.81. The Kier molecular flexibility index (Phi) is 5.83. The van der Waals surface area contributed by atoms with Gasteiger partial charge in [0.05, 0.1) is 5.56 Å². The van der Waals surface area contributed by atoms with Gasteiger partial charge in [-0.1, -0.05) is 56.3 Å². The molecule has 0 aliphatic heterocycles. The van der Waals surface area contributed by atoms with Gasteiger partial charge in [0.2, 0.25) is 0 Å². The van der Waals surface area contributed by atoms with E-state index in [1.807, 2.05) is 0 Å². The number of hydrogen-bond acceptors (Lipinski definition) is 1. The highest BCUT2D eigenvalue weighted by Gasteiger charge is 2.30. The molecule has 0 atom stereocenters. The van der Waals surface area contributed by atoms with Crippen LogP contribution in [-0.2, 0) is 19.1 Å². The van der Waals surface area contributed by atoms with E-state index in [1.54, 1.807) is 6.07 Å². The zero-order valence-corrected chi connectivity index (χ0v) is 13.5. The molecule has 0 aliphatic carbocycles. The maximum Gasteiger partial charge on any atom is 0.416 e. The molecule has 1 nitrogen and oxygen atoms in total. The Morgan fingerprint density at radius 2 is 1.65 bits per heavy atom. The van der Waals surface area contributed by atoms with Gasteiger partial charge >= 0.3 is 6.18 Å². The van der Waals surface area contributed by atoms with Gasteiger partial charge in [-0.15, -0.1) is 0 Å². The summed E-state index contributed by atoms with van der Waals surface area (Å²) in [6.45, 7) is 5.68. The molecule has 0 saturated carbocycles. The van der Waals surface area contributed by atoms with Crippen molar-refractivity contribution in [2.75, 3.05) is 6.54 Å². The largest absolute Gasteiger partial charge is 0.416 e. The first-order chi connectivity index (χ1) is 10.9. The number of rotatable bonds is 6. The van der Waals surface area contributed by atoms with Crippen LogP contribution in [0.3, 0.4) is 0 Å². The molecule has 2 rings (SSSR count). The third-order valence-corrected chi connectivity index (χ3v) is 3.82. The van der Waals surface area contributed by atoms with Crippen molar-refractivity contribution in [2.45, 2.75) is 38.9 Å². The molecule has 0 bridgehead atoms. The summed E-state index contributed by atoms with van der Waals surface area (Å²) in [6.07, 6.45) is -3.70. The Morgan fingerprint density at radius 3 is 2.26 bits per heavy atom. The SMILES string of the molecule is CC(C)c1ccc(CNCCc2cccc(C(F)(F)F)c2)cc1.